The number of benzene rings is 2. The first-order valence-corrected chi connectivity index (χ1v) is 9.20. The molecule has 8 nitrogen and oxygen atoms in total. The van der Waals surface area contributed by atoms with Gasteiger partial charge in [-0.2, -0.15) is 0 Å². The highest BCUT2D eigenvalue weighted by atomic mass is 35.5. The fourth-order valence-corrected chi connectivity index (χ4v) is 3.21. The number of hydrogen-bond donors (Lipinski definition) is 4. The maximum atomic E-state index is 11.0. The lowest BCUT2D eigenvalue weighted by atomic mass is 10.2. The highest BCUT2D eigenvalue weighted by Crippen LogP contribution is 2.31. The van der Waals surface area contributed by atoms with Crippen molar-refractivity contribution in [1.29, 1.82) is 0 Å². The minimum Gasteiger partial charge on any atom is -0.368 e. The maximum absolute atomic E-state index is 11.0. The number of nitrogens with one attached hydrogen (secondary N) is 4. The Labute approximate surface area is 169 Å². The number of aromatic amines is 2. The molecule has 4 aromatic rings. The van der Waals surface area contributed by atoms with Crippen molar-refractivity contribution in [3.05, 3.63) is 63.0 Å². The van der Waals surface area contributed by atoms with Gasteiger partial charge in [-0.05, 0) is 30.3 Å². The van der Waals surface area contributed by atoms with Gasteiger partial charge in [0, 0.05) is 29.1 Å². The lowest BCUT2D eigenvalue weighted by Gasteiger charge is -2.12. The van der Waals surface area contributed by atoms with Crippen molar-refractivity contribution < 1.29 is 0 Å². The molecule has 0 bridgehead atoms. The summed E-state index contributed by atoms with van der Waals surface area (Å²) in [5.74, 6) is 1.57. The number of hydrogen-bond acceptors (Lipinski definition) is 6. The Balaban J connectivity index is 1.60. The molecule has 0 radical (unpaired) electrons. The van der Waals surface area contributed by atoms with E-state index in [4.69, 9.17) is 23.2 Å². The number of rotatable bonds is 6. The Kier molecular flexibility index (Phi) is 5.14. The lowest BCUT2D eigenvalue weighted by Crippen LogP contribution is -2.16. The minimum absolute atomic E-state index is 0.360. The second-order valence-electron chi connectivity index (χ2n) is 5.92. The normalized spacial score (nSPS) is 10.9. The van der Waals surface area contributed by atoms with E-state index in [0.29, 0.717) is 46.3 Å². The van der Waals surface area contributed by atoms with Crippen molar-refractivity contribution in [2.24, 2.45) is 0 Å². The molecule has 2 heterocycles. The largest absolute Gasteiger partial charge is 0.368 e. The molecule has 0 fully saturated rings. The number of fused-ring (bicyclic) bond motifs is 1. The molecule has 2 aromatic heterocycles. The van der Waals surface area contributed by atoms with Gasteiger partial charge in [0.1, 0.15) is 5.82 Å². The van der Waals surface area contributed by atoms with E-state index in [1.807, 2.05) is 24.3 Å². The predicted molar refractivity (Wildman–Crippen MR) is 111 cm³/mol. The zero-order valence-electron chi connectivity index (χ0n) is 14.5. The van der Waals surface area contributed by atoms with Gasteiger partial charge in [-0.1, -0.05) is 35.3 Å². The molecule has 0 spiro atoms. The summed E-state index contributed by atoms with van der Waals surface area (Å²) < 4.78 is 0. The molecule has 4 N–H and O–H groups in total. The molecule has 0 atom stereocenters. The smallest absolute Gasteiger partial charge is 0.342 e. The molecule has 0 saturated heterocycles. The van der Waals surface area contributed by atoms with Crippen LogP contribution in [-0.2, 0) is 0 Å². The van der Waals surface area contributed by atoms with Crippen molar-refractivity contribution in [2.75, 3.05) is 23.7 Å². The van der Waals surface area contributed by atoms with Crippen LogP contribution in [0.1, 0.15) is 0 Å². The quantitative estimate of drug-likeness (QED) is 0.358. The number of aromatic nitrogens is 5. The van der Waals surface area contributed by atoms with Gasteiger partial charge in [0.15, 0.2) is 5.82 Å². The Morgan fingerprint density at radius 3 is 2.61 bits per heavy atom. The summed E-state index contributed by atoms with van der Waals surface area (Å²) >= 11 is 12.3. The molecule has 0 saturated carbocycles. The van der Waals surface area contributed by atoms with Crippen LogP contribution in [0, 0.1) is 0 Å². The lowest BCUT2D eigenvalue weighted by molar-refractivity contribution is 1.01. The number of anilines is 2. The molecule has 10 heteroatoms. The molecule has 0 aliphatic carbocycles. The van der Waals surface area contributed by atoms with E-state index in [1.165, 1.54) is 0 Å². The summed E-state index contributed by atoms with van der Waals surface area (Å²) in [5, 5.41) is 14.3. The fraction of sp³-hybridized carbons (Fsp3) is 0.111. The molecule has 142 valence electrons. The summed E-state index contributed by atoms with van der Waals surface area (Å²) in [6.07, 6.45) is 0. The average molecular weight is 416 g/mol. The van der Waals surface area contributed by atoms with Crippen LogP contribution in [-0.4, -0.2) is 38.2 Å². The maximum Gasteiger partial charge on any atom is 0.342 e. The molecule has 0 amide bonds. The molecular formula is C18H15Cl2N7O. The van der Waals surface area contributed by atoms with Gasteiger partial charge in [-0.25, -0.2) is 19.9 Å². The van der Waals surface area contributed by atoms with Gasteiger partial charge >= 0.3 is 5.69 Å². The molecule has 2 aromatic carbocycles. The number of para-hydroxylation sites is 1. The third-order valence-electron chi connectivity index (χ3n) is 3.99. The van der Waals surface area contributed by atoms with Crippen molar-refractivity contribution >= 4 is 45.9 Å². The molecule has 0 aliphatic heterocycles. The van der Waals surface area contributed by atoms with E-state index in [-0.39, 0.29) is 5.69 Å². The Morgan fingerprint density at radius 2 is 1.82 bits per heavy atom. The van der Waals surface area contributed by atoms with Crippen molar-refractivity contribution in [1.82, 2.24) is 25.1 Å². The van der Waals surface area contributed by atoms with Crippen LogP contribution < -0.4 is 16.3 Å². The SMILES string of the molecule is O=c1[nH]nc(NCCNc2nc(-c3ccc(Cl)cc3Cl)nc3ccccc23)[nH]1. The van der Waals surface area contributed by atoms with Crippen molar-refractivity contribution in [3.8, 4) is 11.4 Å². The first-order valence-electron chi connectivity index (χ1n) is 8.45. The van der Waals surface area contributed by atoms with Gasteiger partial charge in [0.2, 0.25) is 5.95 Å². The standard InChI is InChI=1S/C18H15Cl2N7O/c19-10-5-6-11(13(20)9-10)16-23-14-4-2-1-3-12(14)15(24-16)21-7-8-22-17-25-18(28)27-26-17/h1-6,9H,7-8H2,(H,21,23,24)(H3,22,25,26,27,28). The Morgan fingerprint density at radius 1 is 1.00 bits per heavy atom. The second kappa shape index (κ2) is 7.87. The first kappa shape index (κ1) is 18.3. The third-order valence-corrected chi connectivity index (χ3v) is 4.53. The van der Waals surface area contributed by atoms with Crippen LogP contribution >= 0.6 is 23.2 Å². The Hall–Kier alpha value is -3.10. The molecular weight excluding hydrogens is 401 g/mol. The number of halogens is 2. The summed E-state index contributed by atoms with van der Waals surface area (Å²) in [6, 6.07) is 12.9. The summed E-state index contributed by atoms with van der Waals surface area (Å²) in [6.45, 7) is 1.07. The van der Waals surface area contributed by atoms with E-state index in [9.17, 15) is 4.79 Å². The number of nitrogens with zero attached hydrogens (tertiary/aromatic N) is 3. The van der Waals surface area contributed by atoms with Crippen molar-refractivity contribution in [2.45, 2.75) is 0 Å². The molecule has 0 unspecified atom stereocenters. The van der Waals surface area contributed by atoms with E-state index < -0.39 is 0 Å². The van der Waals surface area contributed by atoms with Crippen LogP contribution in [0.2, 0.25) is 10.0 Å². The third kappa shape index (κ3) is 3.92. The van der Waals surface area contributed by atoms with Gasteiger partial charge in [0.25, 0.3) is 0 Å². The predicted octanol–water partition coefficient (Wildman–Crippen LogP) is 3.54. The monoisotopic (exact) mass is 415 g/mol. The van der Waals surface area contributed by atoms with E-state index in [1.54, 1.807) is 18.2 Å². The van der Waals surface area contributed by atoms with E-state index in [0.717, 1.165) is 10.9 Å². The topological polar surface area (TPSA) is 111 Å². The van der Waals surface area contributed by atoms with Crippen LogP contribution in [0.5, 0.6) is 0 Å². The summed E-state index contributed by atoms with van der Waals surface area (Å²) in [7, 11) is 0. The highest BCUT2D eigenvalue weighted by Gasteiger charge is 2.12. The Bertz CT molecular complexity index is 1190. The zero-order chi connectivity index (χ0) is 19.5. The molecule has 4 rings (SSSR count). The number of H-pyrrole nitrogens is 2. The van der Waals surface area contributed by atoms with Gasteiger partial charge in [-0.15, -0.1) is 5.10 Å². The first-order chi connectivity index (χ1) is 13.6. The zero-order valence-corrected chi connectivity index (χ0v) is 16.0. The van der Waals surface area contributed by atoms with Gasteiger partial charge < -0.3 is 10.6 Å². The summed E-state index contributed by atoms with van der Waals surface area (Å²) in [5.41, 5.74) is 1.14. The van der Waals surface area contributed by atoms with Crippen LogP contribution in [0.15, 0.2) is 47.3 Å². The van der Waals surface area contributed by atoms with Crippen LogP contribution in [0.25, 0.3) is 22.3 Å². The molecule has 28 heavy (non-hydrogen) atoms. The fourth-order valence-electron chi connectivity index (χ4n) is 2.72. The summed E-state index contributed by atoms with van der Waals surface area (Å²) in [4.78, 5) is 22.9. The van der Waals surface area contributed by atoms with Gasteiger partial charge in [-0.3, -0.25) is 4.98 Å². The second-order valence-corrected chi connectivity index (χ2v) is 6.76. The van der Waals surface area contributed by atoms with Crippen LogP contribution in [0.3, 0.4) is 0 Å². The van der Waals surface area contributed by atoms with Crippen LogP contribution in [0.4, 0.5) is 11.8 Å². The average Bonchev–Trinajstić information content (AvgIpc) is 3.10. The minimum atomic E-state index is -0.360. The molecule has 0 aliphatic rings. The highest BCUT2D eigenvalue weighted by molar-refractivity contribution is 6.36. The van der Waals surface area contributed by atoms with E-state index in [2.05, 4.69) is 35.8 Å². The van der Waals surface area contributed by atoms with Crippen molar-refractivity contribution in [3.63, 3.8) is 0 Å². The van der Waals surface area contributed by atoms with E-state index >= 15 is 0 Å². The van der Waals surface area contributed by atoms with Gasteiger partial charge in [0.05, 0.1) is 10.5 Å².